The molecule has 1 atom stereocenters. The van der Waals surface area contributed by atoms with E-state index in [0.717, 1.165) is 23.3 Å². The second-order valence-electron chi connectivity index (χ2n) is 4.95. The second kappa shape index (κ2) is 5.98. The van der Waals surface area contributed by atoms with E-state index in [1.807, 2.05) is 19.1 Å². The van der Waals surface area contributed by atoms with Crippen molar-refractivity contribution in [2.24, 2.45) is 0 Å². The van der Waals surface area contributed by atoms with Crippen LogP contribution in [0.4, 0.5) is 18.9 Å². The normalized spacial score (nSPS) is 13.0. The molecule has 0 aromatic heterocycles. The highest BCUT2D eigenvalue weighted by atomic mass is 35.5. The molecule has 1 N–H and O–H groups in total. The molecule has 0 aliphatic carbocycles. The van der Waals surface area contributed by atoms with Crippen LogP contribution in [0.2, 0.25) is 5.02 Å². The average Bonchev–Trinajstić information content (AvgIpc) is 2.40. The molecule has 0 aliphatic rings. The van der Waals surface area contributed by atoms with Crippen molar-refractivity contribution in [2.75, 3.05) is 5.32 Å². The zero-order valence-electron chi connectivity index (χ0n) is 11.6. The molecule has 0 fully saturated rings. The molecule has 0 aliphatic heterocycles. The molecule has 0 amide bonds. The summed E-state index contributed by atoms with van der Waals surface area (Å²) in [6.45, 7) is 3.67. The van der Waals surface area contributed by atoms with Crippen molar-refractivity contribution in [1.82, 2.24) is 0 Å². The Morgan fingerprint density at radius 1 is 1.05 bits per heavy atom. The fraction of sp³-hybridized carbons (Fsp3) is 0.250. The molecule has 2 rings (SSSR count). The third-order valence-electron chi connectivity index (χ3n) is 3.31. The molecule has 0 spiro atoms. The molecule has 1 nitrogen and oxygen atoms in total. The van der Waals surface area contributed by atoms with Crippen molar-refractivity contribution >= 4 is 17.3 Å². The predicted molar refractivity (Wildman–Crippen MR) is 79.7 cm³/mol. The van der Waals surface area contributed by atoms with E-state index in [1.54, 1.807) is 19.1 Å². The zero-order chi connectivity index (χ0) is 15.6. The first-order chi connectivity index (χ1) is 9.77. The van der Waals surface area contributed by atoms with Crippen molar-refractivity contribution in [3.05, 3.63) is 64.2 Å². The van der Waals surface area contributed by atoms with Crippen molar-refractivity contribution in [2.45, 2.75) is 26.1 Å². The van der Waals surface area contributed by atoms with Crippen molar-refractivity contribution in [3.63, 3.8) is 0 Å². The Kier molecular flexibility index (Phi) is 4.47. The van der Waals surface area contributed by atoms with Crippen LogP contribution >= 0.6 is 11.6 Å². The molecule has 0 saturated heterocycles. The average molecular weight is 314 g/mol. The predicted octanol–water partition coefficient (Wildman–Crippen LogP) is 5.84. The van der Waals surface area contributed by atoms with Gasteiger partial charge in [0.05, 0.1) is 5.56 Å². The number of halogens is 4. The third kappa shape index (κ3) is 3.91. The lowest BCUT2D eigenvalue weighted by atomic mass is 10.1. The Labute approximate surface area is 126 Å². The lowest BCUT2D eigenvalue weighted by Gasteiger charge is -2.19. The van der Waals surface area contributed by atoms with E-state index in [4.69, 9.17) is 11.6 Å². The van der Waals surface area contributed by atoms with Gasteiger partial charge in [-0.1, -0.05) is 29.8 Å². The first-order valence-electron chi connectivity index (χ1n) is 6.47. The highest BCUT2D eigenvalue weighted by Crippen LogP contribution is 2.33. The number of benzene rings is 2. The summed E-state index contributed by atoms with van der Waals surface area (Å²) in [5.41, 5.74) is 1.55. The maximum absolute atomic E-state index is 12.8. The van der Waals surface area contributed by atoms with Crippen molar-refractivity contribution in [1.29, 1.82) is 0 Å². The van der Waals surface area contributed by atoms with Crippen LogP contribution in [0.1, 0.15) is 29.7 Å². The molecule has 0 bridgehead atoms. The van der Waals surface area contributed by atoms with E-state index in [9.17, 15) is 13.2 Å². The number of nitrogens with one attached hydrogen (secondary N) is 1. The van der Waals surface area contributed by atoms with Crippen molar-refractivity contribution in [3.8, 4) is 0 Å². The van der Waals surface area contributed by atoms with E-state index in [1.165, 1.54) is 6.07 Å². The molecule has 112 valence electrons. The van der Waals surface area contributed by atoms with Gasteiger partial charge >= 0.3 is 6.18 Å². The summed E-state index contributed by atoms with van der Waals surface area (Å²) in [4.78, 5) is 0. The first-order valence-corrected chi connectivity index (χ1v) is 6.85. The molecule has 2 aromatic carbocycles. The maximum atomic E-state index is 12.8. The summed E-state index contributed by atoms with van der Waals surface area (Å²) in [5.74, 6) is 0. The Morgan fingerprint density at radius 3 is 2.24 bits per heavy atom. The minimum absolute atomic E-state index is 0.121. The van der Waals surface area contributed by atoms with Gasteiger partial charge in [-0.15, -0.1) is 0 Å². The van der Waals surface area contributed by atoms with Gasteiger partial charge in [-0.25, -0.2) is 0 Å². The maximum Gasteiger partial charge on any atom is 0.416 e. The lowest BCUT2D eigenvalue weighted by Crippen LogP contribution is -2.10. The van der Waals surface area contributed by atoms with Crippen LogP contribution < -0.4 is 5.32 Å². The smallest absolute Gasteiger partial charge is 0.378 e. The molecule has 0 saturated carbocycles. The first kappa shape index (κ1) is 15.7. The van der Waals surface area contributed by atoms with Gasteiger partial charge < -0.3 is 5.32 Å². The fourth-order valence-corrected chi connectivity index (χ4v) is 2.15. The summed E-state index contributed by atoms with van der Waals surface area (Å²) in [6.07, 6.45) is -4.34. The highest BCUT2D eigenvalue weighted by molar-refractivity contribution is 6.30. The van der Waals surface area contributed by atoms with Gasteiger partial charge in [-0.3, -0.25) is 0 Å². The summed E-state index contributed by atoms with van der Waals surface area (Å²) in [6, 6.07) is 10.8. The van der Waals surface area contributed by atoms with Gasteiger partial charge in [0.25, 0.3) is 0 Å². The van der Waals surface area contributed by atoms with Crippen LogP contribution in [-0.4, -0.2) is 0 Å². The van der Waals surface area contributed by atoms with Crippen LogP contribution in [0.5, 0.6) is 0 Å². The van der Waals surface area contributed by atoms with Gasteiger partial charge in [0.2, 0.25) is 0 Å². The summed E-state index contributed by atoms with van der Waals surface area (Å²) in [7, 11) is 0. The molecule has 0 heterocycles. The van der Waals surface area contributed by atoms with Gasteiger partial charge in [0.15, 0.2) is 0 Å². The molecular weight excluding hydrogens is 299 g/mol. The number of hydrogen-bond donors (Lipinski definition) is 1. The Balaban J connectivity index is 2.24. The summed E-state index contributed by atoms with van der Waals surface area (Å²) in [5, 5.41) is 3.74. The van der Waals surface area contributed by atoms with Crippen LogP contribution in [0, 0.1) is 6.92 Å². The van der Waals surface area contributed by atoms with Crippen LogP contribution in [0.25, 0.3) is 0 Å². The van der Waals surface area contributed by atoms with Crippen LogP contribution in [0.3, 0.4) is 0 Å². The SMILES string of the molecule is Cc1ccc(C(F)(F)F)cc1NC(C)c1ccc(Cl)cc1. The number of hydrogen-bond acceptors (Lipinski definition) is 1. The minimum Gasteiger partial charge on any atom is -0.378 e. The number of alkyl halides is 3. The van der Waals surface area contributed by atoms with E-state index in [-0.39, 0.29) is 6.04 Å². The highest BCUT2D eigenvalue weighted by Gasteiger charge is 2.30. The van der Waals surface area contributed by atoms with Gasteiger partial charge in [0, 0.05) is 16.8 Å². The van der Waals surface area contributed by atoms with Crippen LogP contribution in [-0.2, 0) is 6.18 Å². The Hall–Kier alpha value is -1.68. The topological polar surface area (TPSA) is 12.0 Å². The summed E-state index contributed by atoms with van der Waals surface area (Å²) >= 11 is 5.83. The van der Waals surface area contributed by atoms with Gasteiger partial charge in [-0.2, -0.15) is 13.2 Å². The number of rotatable bonds is 3. The zero-order valence-corrected chi connectivity index (χ0v) is 12.4. The number of anilines is 1. The second-order valence-corrected chi connectivity index (χ2v) is 5.38. The van der Waals surface area contributed by atoms with Crippen molar-refractivity contribution < 1.29 is 13.2 Å². The Bertz CT molecular complexity index is 620. The lowest BCUT2D eigenvalue weighted by molar-refractivity contribution is -0.137. The van der Waals surface area contributed by atoms with E-state index in [2.05, 4.69) is 5.32 Å². The Morgan fingerprint density at radius 2 is 1.67 bits per heavy atom. The van der Waals surface area contributed by atoms with Crippen LogP contribution in [0.15, 0.2) is 42.5 Å². The van der Waals surface area contributed by atoms with E-state index in [0.29, 0.717) is 10.7 Å². The minimum atomic E-state index is -4.34. The van der Waals surface area contributed by atoms with E-state index < -0.39 is 11.7 Å². The fourth-order valence-electron chi connectivity index (χ4n) is 2.02. The molecule has 21 heavy (non-hydrogen) atoms. The molecule has 1 unspecified atom stereocenters. The largest absolute Gasteiger partial charge is 0.416 e. The standard InChI is InChI=1S/C16H15ClF3N/c1-10-3-6-13(16(18,19)20)9-15(10)21-11(2)12-4-7-14(17)8-5-12/h3-9,11,21H,1-2H3. The molecular formula is C16H15ClF3N. The monoisotopic (exact) mass is 313 g/mol. The molecule has 2 aromatic rings. The number of aryl methyl sites for hydroxylation is 1. The molecule has 0 radical (unpaired) electrons. The van der Waals surface area contributed by atoms with Gasteiger partial charge in [0.1, 0.15) is 0 Å². The summed E-state index contributed by atoms with van der Waals surface area (Å²) < 4.78 is 38.3. The molecule has 5 heteroatoms. The quantitative estimate of drug-likeness (QED) is 0.750. The third-order valence-corrected chi connectivity index (χ3v) is 3.56. The van der Waals surface area contributed by atoms with Gasteiger partial charge in [-0.05, 0) is 49.2 Å². The van der Waals surface area contributed by atoms with E-state index >= 15 is 0 Å².